The highest BCUT2D eigenvalue weighted by Gasteiger charge is 2.20. The molecule has 322 valence electrons. The van der Waals surface area contributed by atoms with Crippen LogP contribution in [-0.2, 0) is 0 Å². The summed E-state index contributed by atoms with van der Waals surface area (Å²) in [5, 5.41) is 0.962. The van der Waals surface area contributed by atoms with Crippen molar-refractivity contribution in [2.75, 3.05) is 9.80 Å². The van der Waals surface area contributed by atoms with Crippen LogP contribution >= 0.6 is 11.3 Å². The Morgan fingerprint density at radius 2 is 0.721 bits per heavy atom. The maximum Gasteiger partial charge on any atom is 0.145 e. The first-order valence-corrected chi connectivity index (χ1v) is 23.6. The minimum atomic E-state index is 0.904. The number of imidazole rings is 1. The zero-order valence-electron chi connectivity index (χ0n) is 37.0. The predicted octanol–water partition coefficient (Wildman–Crippen LogP) is 17.2. The van der Waals surface area contributed by atoms with Crippen LogP contribution in [0.1, 0.15) is 0 Å². The first-order valence-electron chi connectivity index (χ1n) is 22.8. The van der Waals surface area contributed by atoms with Crippen LogP contribution in [0.15, 0.2) is 261 Å². The number of benzene rings is 10. The lowest BCUT2D eigenvalue weighted by Crippen LogP contribution is -2.09. The highest BCUT2D eigenvalue weighted by atomic mass is 32.1. The monoisotopic (exact) mass is 889 g/mol. The van der Waals surface area contributed by atoms with Crippen LogP contribution in [0, 0.1) is 0 Å². The molecular weight excluding hydrogens is 847 g/mol. The average Bonchev–Trinajstić information content (AvgIpc) is 4.04. The highest BCUT2D eigenvalue weighted by molar-refractivity contribution is 7.22. The lowest BCUT2D eigenvalue weighted by Gasteiger charge is -2.25. The molecule has 0 unspecified atom stereocenters. The number of fused-ring (bicyclic) bond motifs is 2. The zero-order chi connectivity index (χ0) is 45.2. The Labute approximate surface area is 399 Å². The summed E-state index contributed by atoms with van der Waals surface area (Å²) in [7, 11) is 0. The minimum Gasteiger partial charge on any atom is -0.311 e. The molecule has 0 N–H and O–H groups in total. The maximum absolute atomic E-state index is 5.50. The summed E-state index contributed by atoms with van der Waals surface area (Å²) in [6.45, 7) is 0. The van der Waals surface area contributed by atoms with Crippen molar-refractivity contribution in [3.63, 3.8) is 0 Å². The Bertz CT molecular complexity index is 3390. The van der Waals surface area contributed by atoms with Gasteiger partial charge in [-0.15, -0.1) is 11.3 Å². The van der Waals surface area contributed by atoms with Crippen molar-refractivity contribution in [1.29, 1.82) is 0 Å². The summed E-state index contributed by atoms with van der Waals surface area (Å²) in [6.07, 6.45) is 0. The van der Waals surface area contributed by atoms with Crippen LogP contribution in [0.5, 0.6) is 0 Å². The number of para-hydroxylation sites is 7. The van der Waals surface area contributed by atoms with E-state index in [0.29, 0.717) is 0 Å². The van der Waals surface area contributed by atoms with E-state index < -0.39 is 0 Å². The normalized spacial score (nSPS) is 11.2. The Morgan fingerprint density at radius 3 is 1.24 bits per heavy atom. The maximum atomic E-state index is 5.50. The van der Waals surface area contributed by atoms with Crippen LogP contribution in [0.25, 0.3) is 71.2 Å². The Balaban J connectivity index is 0.957. The largest absolute Gasteiger partial charge is 0.311 e. The number of hydrogen-bond acceptors (Lipinski definition) is 5. The summed E-state index contributed by atoms with van der Waals surface area (Å²) in [6, 6.07) is 92.0. The molecule has 0 amide bonds. The van der Waals surface area contributed by atoms with E-state index >= 15 is 0 Å². The Kier molecular flexibility index (Phi) is 10.7. The fraction of sp³-hybridized carbons (Fsp3) is 0. The molecule has 0 spiro atoms. The molecule has 5 nitrogen and oxygen atoms in total. The van der Waals surface area contributed by atoms with Crippen molar-refractivity contribution in [1.82, 2.24) is 14.5 Å². The van der Waals surface area contributed by atoms with Crippen molar-refractivity contribution in [2.24, 2.45) is 0 Å². The second-order valence-electron chi connectivity index (χ2n) is 16.6. The Hall–Kier alpha value is -8.84. The molecule has 12 rings (SSSR count). The van der Waals surface area contributed by atoms with Crippen molar-refractivity contribution < 1.29 is 0 Å². The van der Waals surface area contributed by atoms with Crippen molar-refractivity contribution in [3.05, 3.63) is 261 Å². The van der Waals surface area contributed by atoms with Crippen molar-refractivity contribution >= 4 is 66.7 Å². The SMILES string of the molecule is c1ccc(N(c2ccccc2)c2ccc(-c3ccc(-c4ccc(N(c5ccccc5)c5ccccc5)cc4)c4sc(-c5ccc(-c6nc7ccccc7n6-c6ccccc6)cc5)nc34)cc2)cc1. The molecule has 0 atom stereocenters. The van der Waals surface area contributed by atoms with E-state index in [9.17, 15) is 0 Å². The van der Waals surface area contributed by atoms with Crippen LogP contribution in [0.3, 0.4) is 0 Å². The molecule has 0 aliphatic heterocycles. The highest BCUT2D eigenvalue weighted by Crippen LogP contribution is 2.44. The third-order valence-corrected chi connectivity index (χ3v) is 13.6. The second-order valence-corrected chi connectivity index (χ2v) is 17.6. The Morgan fingerprint density at radius 1 is 0.324 bits per heavy atom. The number of rotatable bonds is 11. The quantitative estimate of drug-likeness (QED) is 0.130. The third-order valence-electron chi connectivity index (χ3n) is 12.4. The number of anilines is 6. The summed E-state index contributed by atoms with van der Waals surface area (Å²) in [5.74, 6) is 0.904. The third kappa shape index (κ3) is 7.69. The number of nitrogens with zero attached hydrogens (tertiary/aromatic N) is 5. The first-order chi connectivity index (χ1) is 33.7. The van der Waals surface area contributed by atoms with Gasteiger partial charge < -0.3 is 9.80 Å². The van der Waals surface area contributed by atoms with Gasteiger partial charge in [0.15, 0.2) is 0 Å². The minimum absolute atomic E-state index is 0.904. The van der Waals surface area contributed by atoms with Crippen molar-refractivity contribution in [3.8, 4) is 49.9 Å². The summed E-state index contributed by atoms with van der Waals surface area (Å²) < 4.78 is 3.39. The molecule has 0 saturated heterocycles. The first kappa shape index (κ1) is 40.7. The summed E-state index contributed by atoms with van der Waals surface area (Å²) in [5.41, 5.74) is 17.3. The van der Waals surface area contributed by atoms with Gasteiger partial charge in [-0.1, -0.05) is 164 Å². The molecule has 12 aromatic rings. The predicted molar refractivity (Wildman–Crippen MR) is 285 cm³/mol. The van der Waals surface area contributed by atoms with Gasteiger partial charge in [0, 0.05) is 62.1 Å². The van der Waals surface area contributed by atoms with Crippen molar-refractivity contribution in [2.45, 2.75) is 0 Å². The molecule has 68 heavy (non-hydrogen) atoms. The number of hydrogen-bond donors (Lipinski definition) is 0. The van der Waals surface area contributed by atoms with Gasteiger partial charge in [0.05, 0.1) is 21.3 Å². The van der Waals surface area contributed by atoms with Gasteiger partial charge in [-0.05, 0) is 108 Å². The molecule has 0 saturated carbocycles. The van der Waals surface area contributed by atoms with E-state index in [4.69, 9.17) is 9.97 Å². The topological polar surface area (TPSA) is 37.2 Å². The molecule has 0 radical (unpaired) electrons. The molecule has 0 aliphatic rings. The van der Waals surface area contributed by atoms with E-state index in [1.165, 1.54) is 0 Å². The van der Waals surface area contributed by atoms with Crippen LogP contribution in [0.2, 0.25) is 0 Å². The molecule has 10 aromatic carbocycles. The lowest BCUT2D eigenvalue weighted by molar-refractivity contribution is 1.10. The smallest absolute Gasteiger partial charge is 0.145 e. The van der Waals surface area contributed by atoms with E-state index in [1.807, 2.05) is 12.1 Å². The fourth-order valence-electron chi connectivity index (χ4n) is 9.19. The molecule has 0 aliphatic carbocycles. The molecule has 2 aromatic heterocycles. The van der Waals surface area contributed by atoms with Gasteiger partial charge in [-0.25, -0.2) is 9.97 Å². The average molecular weight is 890 g/mol. The van der Waals surface area contributed by atoms with E-state index in [0.717, 1.165) is 105 Å². The molecular formula is C62H43N5S. The molecule has 0 bridgehead atoms. The van der Waals surface area contributed by atoms with Gasteiger partial charge in [0.25, 0.3) is 0 Å². The summed E-state index contributed by atoms with van der Waals surface area (Å²) >= 11 is 1.74. The van der Waals surface area contributed by atoms with E-state index in [-0.39, 0.29) is 0 Å². The molecule has 2 heterocycles. The van der Waals surface area contributed by atoms with E-state index in [2.05, 4.69) is 263 Å². The molecule has 0 fully saturated rings. The van der Waals surface area contributed by atoms with Crippen LogP contribution < -0.4 is 9.80 Å². The van der Waals surface area contributed by atoms with Gasteiger partial charge in [0.2, 0.25) is 0 Å². The zero-order valence-corrected chi connectivity index (χ0v) is 37.8. The van der Waals surface area contributed by atoms with Gasteiger partial charge in [-0.2, -0.15) is 0 Å². The van der Waals surface area contributed by atoms with Gasteiger partial charge in [0.1, 0.15) is 10.8 Å². The molecule has 6 heteroatoms. The second kappa shape index (κ2) is 17.9. The summed E-state index contributed by atoms with van der Waals surface area (Å²) in [4.78, 5) is 15.2. The number of aromatic nitrogens is 3. The fourth-order valence-corrected chi connectivity index (χ4v) is 10.3. The van der Waals surface area contributed by atoms with Gasteiger partial charge in [-0.3, -0.25) is 4.57 Å². The lowest BCUT2D eigenvalue weighted by atomic mass is 9.98. The van der Waals surface area contributed by atoms with Crippen LogP contribution in [-0.4, -0.2) is 14.5 Å². The van der Waals surface area contributed by atoms with E-state index in [1.54, 1.807) is 11.3 Å². The number of thiazole rings is 1. The van der Waals surface area contributed by atoms with Crippen LogP contribution in [0.4, 0.5) is 34.1 Å². The van der Waals surface area contributed by atoms with Gasteiger partial charge >= 0.3 is 0 Å². The standard InChI is InChI=1S/C62H43N5S/c1-6-18-48(19-7-1)65(49-20-8-2-9-21-49)53-38-34-44(35-39-53)55-42-43-56(45-36-40-54(41-37-45)66(50-22-10-3-11-23-50)51-24-12-4-13-25-51)60-59(55)64-62(68-60)47-32-30-46(31-33-47)61-63-57-28-16-17-29-58(57)67(61)52-26-14-5-15-27-52/h1-43H.